The second-order valence-electron chi connectivity index (χ2n) is 7.18. The molecule has 0 aromatic heterocycles. The molecule has 1 aliphatic heterocycles. The summed E-state index contributed by atoms with van der Waals surface area (Å²) in [6.07, 6.45) is 1.12. The number of likely N-dealkylation sites (tertiary alicyclic amines) is 1. The fourth-order valence-electron chi connectivity index (χ4n) is 2.36. The molecule has 0 aliphatic carbocycles. The van der Waals surface area contributed by atoms with E-state index in [0.29, 0.717) is 25.9 Å². The van der Waals surface area contributed by atoms with Crippen molar-refractivity contribution in [2.24, 2.45) is 0 Å². The molecule has 0 unspecified atom stereocenters. The van der Waals surface area contributed by atoms with Gasteiger partial charge in [0.25, 0.3) is 0 Å². The van der Waals surface area contributed by atoms with Gasteiger partial charge in [-0.05, 0) is 24.6 Å². The zero-order valence-electron chi connectivity index (χ0n) is 14.1. The fraction of sp³-hybridized carbons (Fsp3) is 0.867. The van der Waals surface area contributed by atoms with Crippen molar-refractivity contribution in [2.45, 2.75) is 63.9 Å². The second kappa shape index (κ2) is 6.90. The molecule has 1 fully saturated rings. The summed E-state index contributed by atoms with van der Waals surface area (Å²) in [6.45, 7) is 12.4. The van der Waals surface area contributed by atoms with Crippen molar-refractivity contribution < 1.29 is 14.0 Å². The van der Waals surface area contributed by atoms with Crippen LogP contribution in [-0.2, 0) is 14.0 Å². The smallest absolute Gasteiger partial charge is 0.323 e. The Kier molecular flexibility index (Phi) is 5.97. The lowest BCUT2D eigenvalue weighted by Gasteiger charge is -2.38. The highest BCUT2D eigenvalue weighted by Crippen LogP contribution is 2.38. The third-order valence-corrected chi connectivity index (χ3v) is 9.15. The van der Waals surface area contributed by atoms with Crippen LogP contribution in [0.15, 0.2) is 0 Å². The van der Waals surface area contributed by atoms with Gasteiger partial charge in [-0.25, -0.2) is 0 Å². The van der Waals surface area contributed by atoms with E-state index in [1.807, 2.05) is 4.90 Å². The lowest BCUT2D eigenvalue weighted by Crippen LogP contribution is -2.44. The first kappa shape index (κ1) is 18.1. The maximum atomic E-state index is 11.9. The van der Waals surface area contributed by atoms with Crippen molar-refractivity contribution in [3.05, 3.63) is 0 Å². The summed E-state index contributed by atoms with van der Waals surface area (Å²) in [4.78, 5) is 13.9. The number of rotatable bonds is 5. The van der Waals surface area contributed by atoms with Gasteiger partial charge >= 0.3 is 5.97 Å². The van der Waals surface area contributed by atoms with E-state index in [4.69, 9.17) is 14.4 Å². The lowest BCUT2D eigenvalue weighted by atomic mass is 10.2. The number of hydrogen-bond donors (Lipinski definition) is 0. The van der Waals surface area contributed by atoms with Crippen molar-refractivity contribution in [1.29, 1.82) is 5.26 Å². The van der Waals surface area contributed by atoms with Crippen molar-refractivity contribution in [3.8, 4) is 6.07 Å². The van der Waals surface area contributed by atoms with Crippen LogP contribution in [0.5, 0.6) is 0 Å². The van der Waals surface area contributed by atoms with Crippen molar-refractivity contribution in [2.75, 3.05) is 20.2 Å². The average Bonchev–Trinajstić information content (AvgIpc) is 2.76. The molecule has 0 radical (unpaired) electrons. The molecule has 0 amide bonds. The molecule has 0 spiro atoms. The van der Waals surface area contributed by atoms with Crippen LogP contribution in [0.25, 0.3) is 0 Å². The van der Waals surface area contributed by atoms with E-state index in [9.17, 15) is 4.79 Å². The van der Waals surface area contributed by atoms with E-state index in [-0.39, 0.29) is 23.2 Å². The standard InChI is InChI=1S/C15H28N2O3Si/c1-15(2,3)21(5,6)20-12-10-13(14(18)19-4)17(11-12)9-7-8-16/h12-13H,7,9-11H2,1-6H3/t12-,13+/m1/s1. The van der Waals surface area contributed by atoms with Crippen LogP contribution in [-0.4, -0.2) is 51.5 Å². The summed E-state index contributed by atoms with van der Waals surface area (Å²) in [7, 11) is -0.440. The van der Waals surface area contributed by atoms with Gasteiger partial charge in [0.2, 0.25) is 0 Å². The minimum absolute atomic E-state index is 0.0497. The quantitative estimate of drug-likeness (QED) is 0.576. The first-order valence-electron chi connectivity index (χ1n) is 7.49. The van der Waals surface area contributed by atoms with Crippen LogP contribution in [0.4, 0.5) is 0 Å². The van der Waals surface area contributed by atoms with Crippen LogP contribution >= 0.6 is 0 Å². The number of nitriles is 1. The van der Waals surface area contributed by atoms with E-state index in [1.54, 1.807) is 0 Å². The summed E-state index contributed by atoms with van der Waals surface area (Å²) in [5.74, 6) is -0.228. The summed E-state index contributed by atoms with van der Waals surface area (Å²) in [5, 5.41) is 8.90. The predicted molar refractivity (Wildman–Crippen MR) is 84.3 cm³/mol. The molecule has 1 saturated heterocycles. The molecule has 1 heterocycles. The third kappa shape index (κ3) is 4.53. The number of carbonyl (C=O) groups excluding carboxylic acids is 1. The highest BCUT2D eigenvalue weighted by molar-refractivity contribution is 6.74. The Bertz CT molecular complexity index is 412. The SMILES string of the molecule is COC(=O)[C@@H]1C[C@@H](O[Si](C)(C)C(C)(C)C)CN1CCC#N. The summed E-state index contributed by atoms with van der Waals surface area (Å²) >= 11 is 0. The average molecular weight is 312 g/mol. The van der Waals surface area contributed by atoms with Crippen LogP contribution < -0.4 is 0 Å². The number of hydrogen-bond acceptors (Lipinski definition) is 5. The molecule has 0 bridgehead atoms. The monoisotopic (exact) mass is 312 g/mol. The van der Waals surface area contributed by atoms with Crippen molar-refractivity contribution >= 4 is 14.3 Å². The van der Waals surface area contributed by atoms with E-state index < -0.39 is 8.32 Å². The Morgan fingerprint density at radius 1 is 1.43 bits per heavy atom. The van der Waals surface area contributed by atoms with Gasteiger partial charge in [-0.1, -0.05) is 20.8 Å². The van der Waals surface area contributed by atoms with Gasteiger partial charge in [-0.2, -0.15) is 5.26 Å². The molecular weight excluding hydrogens is 284 g/mol. The van der Waals surface area contributed by atoms with Crippen LogP contribution in [0.2, 0.25) is 18.1 Å². The van der Waals surface area contributed by atoms with Crippen LogP contribution in [0.1, 0.15) is 33.6 Å². The second-order valence-corrected chi connectivity index (χ2v) is 11.9. The molecule has 5 nitrogen and oxygen atoms in total. The molecule has 21 heavy (non-hydrogen) atoms. The minimum Gasteiger partial charge on any atom is -0.468 e. The maximum Gasteiger partial charge on any atom is 0.323 e. The fourth-order valence-corrected chi connectivity index (χ4v) is 3.72. The Hall–Kier alpha value is -0.903. The Morgan fingerprint density at radius 3 is 2.52 bits per heavy atom. The van der Waals surface area contributed by atoms with Gasteiger partial charge in [-0.3, -0.25) is 9.69 Å². The van der Waals surface area contributed by atoms with E-state index >= 15 is 0 Å². The normalized spacial score (nSPS) is 23.9. The van der Waals surface area contributed by atoms with E-state index in [2.05, 4.69) is 39.9 Å². The molecule has 0 saturated carbocycles. The zero-order valence-corrected chi connectivity index (χ0v) is 15.1. The van der Waals surface area contributed by atoms with Crippen molar-refractivity contribution in [3.63, 3.8) is 0 Å². The van der Waals surface area contributed by atoms with Crippen LogP contribution in [0.3, 0.4) is 0 Å². The molecule has 1 rings (SSSR count). The highest BCUT2D eigenvalue weighted by Gasteiger charge is 2.44. The molecule has 2 atom stereocenters. The minimum atomic E-state index is -1.85. The molecule has 0 N–H and O–H groups in total. The maximum absolute atomic E-state index is 11.9. The molecule has 120 valence electrons. The Labute approximate surface area is 129 Å². The number of methoxy groups -OCH3 is 1. The molecule has 0 aromatic rings. The van der Waals surface area contributed by atoms with Gasteiger partial charge in [0.05, 0.1) is 19.3 Å². The summed E-state index contributed by atoms with van der Waals surface area (Å²) in [5.41, 5.74) is 0. The van der Waals surface area contributed by atoms with Gasteiger partial charge < -0.3 is 9.16 Å². The first-order chi connectivity index (χ1) is 9.62. The largest absolute Gasteiger partial charge is 0.468 e. The number of carbonyl (C=O) groups is 1. The predicted octanol–water partition coefficient (Wildman–Crippen LogP) is 2.54. The third-order valence-electron chi connectivity index (χ3n) is 4.62. The van der Waals surface area contributed by atoms with Gasteiger partial charge in [-0.15, -0.1) is 0 Å². The van der Waals surface area contributed by atoms with Gasteiger partial charge in [0, 0.05) is 19.5 Å². The van der Waals surface area contributed by atoms with Crippen LogP contribution in [0, 0.1) is 11.3 Å². The van der Waals surface area contributed by atoms with Gasteiger partial charge in [0.15, 0.2) is 8.32 Å². The molecule has 6 heteroatoms. The molecule has 1 aliphatic rings. The Morgan fingerprint density at radius 2 is 2.05 bits per heavy atom. The molecule has 0 aromatic carbocycles. The lowest BCUT2D eigenvalue weighted by molar-refractivity contribution is -0.145. The van der Waals surface area contributed by atoms with Crippen molar-refractivity contribution in [1.82, 2.24) is 4.90 Å². The first-order valence-corrected chi connectivity index (χ1v) is 10.4. The van der Waals surface area contributed by atoms with E-state index in [0.717, 1.165) is 0 Å². The summed E-state index contributed by atoms with van der Waals surface area (Å²) in [6, 6.07) is 1.85. The zero-order chi connectivity index (χ0) is 16.3. The highest BCUT2D eigenvalue weighted by atomic mass is 28.4. The molecular formula is C15H28N2O3Si. The number of nitrogens with zero attached hydrogens (tertiary/aromatic N) is 2. The summed E-state index contributed by atoms with van der Waals surface area (Å²) < 4.78 is 11.3. The number of ether oxygens (including phenoxy) is 1. The number of esters is 1. The Balaban J connectivity index is 2.75. The van der Waals surface area contributed by atoms with Gasteiger partial charge in [0.1, 0.15) is 6.04 Å². The topological polar surface area (TPSA) is 62.6 Å². The van der Waals surface area contributed by atoms with E-state index in [1.165, 1.54) is 7.11 Å².